The molecule has 1 aliphatic rings. The molecule has 1 fully saturated rings. The number of ether oxygens (including phenoxy) is 1. The Morgan fingerprint density at radius 1 is 1.05 bits per heavy atom. The lowest BCUT2D eigenvalue weighted by molar-refractivity contribution is -0.117. The zero-order chi connectivity index (χ0) is 26.3. The van der Waals surface area contributed by atoms with Gasteiger partial charge in [-0.1, -0.05) is 48.5 Å². The summed E-state index contributed by atoms with van der Waals surface area (Å²) in [5.41, 5.74) is 4.96. The molecule has 6 nitrogen and oxygen atoms in total. The van der Waals surface area contributed by atoms with Crippen molar-refractivity contribution in [2.45, 2.75) is 25.0 Å². The number of aromatic nitrogens is 1. The first kappa shape index (κ1) is 25.6. The Bertz CT molecular complexity index is 1410. The summed E-state index contributed by atoms with van der Waals surface area (Å²) >= 11 is 0. The Morgan fingerprint density at radius 3 is 2.63 bits per heavy atom. The Labute approximate surface area is 223 Å². The number of aliphatic hydroxyl groups is 1. The molecule has 194 valence electrons. The number of piperidine rings is 1. The predicted molar refractivity (Wildman–Crippen MR) is 152 cm³/mol. The highest BCUT2D eigenvalue weighted by Gasteiger charge is 2.23. The fourth-order valence-corrected chi connectivity index (χ4v) is 5.04. The van der Waals surface area contributed by atoms with E-state index >= 15 is 0 Å². The van der Waals surface area contributed by atoms with E-state index in [4.69, 9.17) is 4.74 Å². The van der Waals surface area contributed by atoms with Crippen LogP contribution in [0.5, 0.6) is 5.75 Å². The molecule has 0 unspecified atom stereocenters. The molecule has 1 amide bonds. The molecule has 3 aromatic carbocycles. The van der Waals surface area contributed by atoms with Crippen LogP contribution in [0.15, 0.2) is 91.1 Å². The highest BCUT2D eigenvalue weighted by molar-refractivity contribution is 5.92. The SMILES string of the molecule is COc1ccc2nccc([C@@H](O)CN3CCC(NC(=O)/C=C/c4cccc(-c5ccccc5)c4)CC3)c2c1. The van der Waals surface area contributed by atoms with Crippen LogP contribution in [0.25, 0.3) is 28.1 Å². The number of nitrogens with zero attached hydrogens (tertiary/aromatic N) is 2. The Kier molecular flexibility index (Phi) is 8.12. The minimum Gasteiger partial charge on any atom is -0.497 e. The second-order valence-corrected chi connectivity index (χ2v) is 9.71. The summed E-state index contributed by atoms with van der Waals surface area (Å²) in [7, 11) is 1.63. The molecule has 1 aromatic heterocycles. The number of fused-ring (bicyclic) bond motifs is 1. The van der Waals surface area contributed by atoms with Gasteiger partial charge in [-0.25, -0.2) is 0 Å². The van der Waals surface area contributed by atoms with Crippen LogP contribution in [0, 0.1) is 0 Å². The number of pyridine rings is 1. The minimum atomic E-state index is -0.631. The Morgan fingerprint density at radius 2 is 1.84 bits per heavy atom. The normalized spacial score (nSPS) is 15.5. The molecular weight excluding hydrogens is 474 g/mol. The van der Waals surface area contributed by atoms with Crippen LogP contribution in [0.1, 0.15) is 30.1 Å². The number of methoxy groups -OCH3 is 1. The van der Waals surface area contributed by atoms with Gasteiger partial charge < -0.3 is 20.1 Å². The number of hydrogen-bond acceptors (Lipinski definition) is 5. The van der Waals surface area contributed by atoms with Crippen molar-refractivity contribution in [3.05, 3.63) is 102 Å². The molecule has 4 aromatic rings. The first-order valence-electron chi connectivity index (χ1n) is 13.1. The maximum Gasteiger partial charge on any atom is 0.244 e. The van der Waals surface area contributed by atoms with Crippen molar-refractivity contribution in [2.24, 2.45) is 0 Å². The summed E-state index contributed by atoms with van der Waals surface area (Å²) in [5.74, 6) is 0.666. The summed E-state index contributed by atoms with van der Waals surface area (Å²) in [6.45, 7) is 2.17. The van der Waals surface area contributed by atoms with E-state index in [1.807, 2.05) is 60.7 Å². The van der Waals surface area contributed by atoms with Crippen LogP contribution in [-0.4, -0.2) is 53.7 Å². The molecule has 1 aliphatic heterocycles. The third kappa shape index (κ3) is 6.28. The maximum absolute atomic E-state index is 12.6. The van der Waals surface area contributed by atoms with Gasteiger partial charge in [0.05, 0.1) is 18.7 Å². The van der Waals surface area contributed by atoms with Crippen molar-refractivity contribution in [1.29, 1.82) is 0 Å². The minimum absolute atomic E-state index is 0.0780. The highest BCUT2D eigenvalue weighted by Crippen LogP contribution is 2.28. The van der Waals surface area contributed by atoms with Crippen LogP contribution >= 0.6 is 0 Å². The van der Waals surface area contributed by atoms with Crippen LogP contribution < -0.4 is 10.1 Å². The number of likely N-dealkylation sites (tertiary alicyclic amines) is 1. The zero-order valence-corrected chi connectivity index (χ0v) is 21.6. The molecule has 1 atom stereocenters. The fourth-order valence-electron chi connectivity index (χ4n) is 5.04. The summed E-state index contributed by atoms with van der Waals surface area (Å²) < 4.78 is 5.36. The van der Waals surface area contributed by atoms with E-state index in [9.17, 15) is 9.90 Å². The average molecular weight is 508 g/mol. The molecule has 38 heavy (non-hydrogen) atoms. The van der Waals surface area contributed by atoms with Gasteiger partial charge in [-0.3, -0.25) is 9.78 Å². The van der Waals surface area contributed by atoms with Gasteiger partial charge in [-0.2, -0.15) is 0 Å². The third-order valence-corrected chi connectivity index (χ3v) is 7.13. The van der Waals surface area contributed by atoms with Gasteiger partial charge in [0, 0.05) is 43.3 Å². The number of rotatable bonds is 8. The third-order valence-electron chi connectivity index (χ3n) is 7.13. The first-order valence-corrected chi connectivity index (χ1v) is 13.1. The lowest BCUT2D eigenvalue weighted by Crippen LogP contribution is -2.45. The largest absolute Gasteiger partial charge is 0.497 e. The van der Waals surface area contributed by atoms with Gasteiger partial charge >= 0.3 is 0 Å². The molecule has 6 heteroatoms. The second-order valence-electron chi connectivity index (χ2n) is 9.71. The lowest BCUT2D eigenvalue weighted by Gasteiger charge is -2.33. The summed E-state index contributed by atoms with van der Waals surface area (Å²) in [6, 6.07) is 26.1. The van der Waals surface area contributed by atoms with Crippen molar-refractivity contribution in [1.82, 2.24) is 15.2 Å². The summed E-state index contributed by atoms with van der Waals surface area (Å²) in [6.07, 6.45) is 6.28. The van der Waals surface area contributed by atoms with Crippen LogP contribution in [-0.2, 0) is 4.79 Å². The fraction of sp³-hybridized carbons (Fsp3) is 0.250. The van der Waals surface area contributed by atoms with E-state index < -0.39 is 6.10 Å². The van der Waals surface area contributed by atoms with Gasteiger partial charge in [-0.15, -0.1) is 0 Å². The van der Waals surface area contributed by atoms with Crippen LogP contribution in [0.2, 0.25) is 0 Å². The average Bonchev–Trinajstić information content (AvgIpc) is 2.97. The van der Waals surface area contributed by atoms with Crippen LogP contribution in [0.3, 0.4) is 0 Å². The van der Waals surface area contributed by atoms with Crippen molar-refractivity contribution < 1.29 is 14.6 Å². The number of β-amino-alcohol motifs (C(OH)–C–C–N with tert-alkyl or cyclic N) is 1. The number of benzene rings is 3. The van der Waals surface area contributed by atoms with Gasteiger partial charge in [-0.05, 0) is 71.5 Å². The lowest BCUT2D eigenvalue weighted by atomic mass is 10.0. The molecule has 5 rings (SSSR count). The summed E-state index contributed by atoms with van der Waals surface area (Å²) in [4.78, 5) is 19.3. The quantitative estimate of drug-likeness (QED) is 0.319. The molecule has 0 bridgehead atoms. The van der Waals surface area contributed by atoms with E-state index in [0.29, 0.717) is 6.54 Å². The van der Waals surface area contributed by atoms with Crippen molar-refractivity contribution in [3.8, 4) is 16.9 Å². The smallest absolute Gasteiger partial charge is 0.244 e. The van der Waals surface area contributed by atoms with Crippen molar-refractivity contribution >= 4 is 22.9 Å². The van der Waals surface area contributed by atoms with E-state index in [0.717, 1.165) is 64.8 Å². The molecule has 2 N–H and O–H groups in total. The van der Waals surface area contributed by atoms with E-state index in [1.165, 1.54) is 0 Å². The number of carbonyl (C=O) groups excluding carboxylic acids is 1. The van der Waals surface area contributed by atoms with Crippen molar-refractivity contribution in [2.75, 3.05) is 26.7 Å². The molecular formula is C32H33N3O3. The molecule has 0 spiro atoms. The van der Waals surface area contributed by atoms with Gasteiger partial charge in [0.15, 0.2) is 0 Å². The monoisotopic (exact) mass is 507 g/mol. The standard InChI is InChI=1S/C32H33N3O3/c1-38-27-11-12-30-29(21-27)28(14-17-33-30)31(36)22-35-18-15-26(16-19-35)34-32(37)13-10-23-6-5-9-25(20-23)24-7-3-2-4-8-24/h2-14,17,20-21,26,31,36H,15-16,18-19,22H2,1H3,(H,34,37)/b13-10+/t31-/m0/s1. The Balaban J connectivity index is 1.13. The number of aliphatic hydroxyl groups excluding tert-OH is 1. The predicted octanol–water partition coefficient (Wildman–Crippen LogP) is 5.24. The molecule has 0 radical (unpaired) electrons. The maximum atomic E-state index is 12.6. The van der Waals surface area contributed by atoms with Crippen molar-refractivity contribution in [3.63, 3.8) is 0 Å². The number of carbonyl (C=O) groups is 1. The molecule has 0 aliphatic carbocycles. The van der Waals surface area contributed by atoms with E-state index in [1.54, 1.807) is 19.4 Å². The number of nitrogens with one attached hydrogen (secondary N) is 1. The van der Waals surface area contributed by atoms with Gasteiger partial charge in [0.1, 0.15) is 5.75 Å². The summed E-state index contributed by atoms with van der Waals surface area (Å²) in [5, 5.41) is 15.1. The molecule has 0 saturated carbocycles. The Hall–Kier alpha value is -4.00. The molecule has 2 heterocycles. The number of amides is 1. The zero-order valence-electron chi connectivity index (χ0n) is 21.6. The second kappa shape index (κ2) is 12.0. The topological polar surface area (TPSA) is 74.7 Å². The van der Waals surface area contributed by atoms with E-state index in [-0.39, 0.29) is 11.9 Å². The van der Waals surface area contributed by atoms with Crippen LogP contribution in [0.4, 0.5) is 0 Å². The highest BCUT2D eigenvalue weighted by atomic mass is 16.5. The number of hydrogen-bond donors (Lipinski definition) is 2. The van der Waals surface area contributed by atoms with E-state index in [2.05, 4.69) is 39.5 Å². The molecule has 1 saturated heterocycles. The first-order chi connectivity index (χ1) is 18.6. The van der Waals surface area contributed by atoms with Gasteiger partial charge in [0.2, 0.25) is 5.91 Å². The van der Waals surface area contributed by atoms with Gasteiger partial charge in [0.25, 0.3) is 0 Å².